The summed E-state index contributed by atoms with van der Waals surface area (Å²) in [6.45, 7) is 2.75. The van der Waals surface area contributed by atoms with Gasteiger partial charge in [-0.2, -0.15) is 0 Å². The molecule has 24 heavy (non-hydrogen) atoms. The highest BCUT2D eigenvalue weighted by molar-refractivity contribution is 5.92. The Morgan fingerprint density at radius 3 is 2.00 bits per heavy atom. The molecule has 7 N–H and O–H groups in total. The van der Waals surface area contributed by atoms with Crippen molar-refractivity contribution in [1.29, 1.82) is 0 Å². The standard InChI is InChI=1S/C14H25N3O7/c1-3-7(2)11(15)13(22)16-8(4-5-10(19)20)12(21)17-9(6-18)14(23)24/h7-9,11,18H,3-6,15H2,1-2H3,(H,16,22)(H,17,21)(H,19,20)(H,23,24). The van der Waals surface area contributed by atoms with Gasteiger partial charge in [-0.15, -0.1) is 0 Å². The van der Waals surface area contributed by atoms with Crippen LogP contribution in [0.4, 0.5) is 0 Å². The zero-order valence-electron chi connectivity index (χ0n) is 13.7. The largest absolute Gasteiger partial charge is 0.481 e. The van der Waals surface area contributed by atoms with Gasteiger partial charge in [0.1, 0.15) is 12.1 Å². The number of carbonyl (C=O) groups excluding carboxylic acids is 2. The molecule has 10 heteroatoms. The van der Waals surface area contributed by atoms with Crippen LogP contribution in [0.15, 0.2) is 0 Å². The van der Waals surface area contributed by atoms with E-state index in [2.05, 4.69) is 5.32 Å². The second kappa shape index (κ2) is 10.6. The maximum atomic E-state index is 12.1. The number of aliphatic hydroxyl groups excluding tert-OH is 1. The third-order valence-electron chi connectivity index (χ3n) is 3.64. The number of aliphatic hydroxyl groups is 1. The van der Waals surface area contributed by atoms with E-state index in [4.69, 9.17) is 21.1 Å². The highest BCUT2D eigenvalue weighted by atomic mass is 16.4. The Hall–Kier alpha value is -2.20. The second-order valence-electron chi connectivity index (χ2n) is 5.49. The highest BCUT2D eigenvalue weighted by Gasteiger charge is 2.29. The summed E-state index contributed by atoms with van der Waals surface area (Å²) in [7, 11) is 0. The molecular formula is C14H25N3O7. The van der Waals surface area contributed by atoms with Crippen molar-refractivity contribution < 1.29 is 34.5 Å². The van der Waals surface area contributed by atoms with Gasteiger partial charge in [0.15, 0.2) is 0 Å². The van der Waals surface area contributed by atoms with E-state index >= 15 is 0 Å². The van der Waals surface area contributed by atoms with Crippen LogP contribution >= 0.6 is 0 Å². The minimum Gasteiger partial charge on any atom is -0.481 e. The molecule has 4 atom stereocenters. The van der Waals surface area contributed by atoms with Crippen LogP contribution in [0.5, 0.6) is 0 Å². The van der Waals surface area contributed by atoms with Gasteiger partial charge in [-0.1, -0.05) is 20.3 Å². The van der Waals surface area contributed by atoms with E-state index in [1.807, 2.05) is 12.2 Å². The fourth-order valence-electron chi connectivity index (χ4n) is 1.77. The van der Waals surface area contributed by atoms with Crippen LogP contribution in [0, 0.1) is 5.92 Å². The Labute approximate surface area is 139 Å². The van der Waals surface area contributed by atoms with Crippen molar-refractivity contribution in [3.05, 3.63) is 0 Å². The first-order chi connectivity index (χ1) is 11.1. The molecule has 138 valence electrons. The first-order valence-electron chi connectivity index (χ1n) is 7.55. The van der Waals surface area contributed by atoms with Gasteiger partial charge >= 0.3 is 11.9 Å². The number of carboxylic acid groups (broad SMARTS) is 2. The predicted molar refractivity (Wildman–Crippen MR) is 82.9 cm³/mol. The zero-order valence-corrected chi connectivity index (χ0v) is 13.7. The number of carbonyl (C=O) groups is 4. The summed E-state index contributed by atoms with van der Waals surface area (Å²) in [5.74, 6) is -4.32. The van der Waals surface area contributed by atoms with E-state index in [1.165, 1.54) is 0 Å². The van der Waals surface area contributed by atoms with Crippen LogP contribution < -0.4 is 16.4 Å². The first kappa shape index (κ1) is 21.8. The maximum absolute atomic E-state index is 12.1. The van der Waals surface area contributed by atoms with Crippen molar-refractivity contribution in [3.63, 3.8) is 0 Å². The number of hydrogen-bond donors (Lipinski definition) is 6. The normalized spacial score (nSPS) is 15.7. The van der Waals surface area contributed by atoms with Gasteiger partial charge in [-0.05, 0) is 12.3 Å². The molecule has 0 aromatic heterocycles. The van der Waals surface area contributed by atoms with E-state index in [9.17, 15) is 19.2 Å². The summed E-state index contributed by atoms with van der Waals surface area (Å²) in [6, 6.07) is -3.70. The van der Waals surface area contributed by atoms with Gasteiger partial charge in [0.25, 0.3) is 0 Å². The molecular weight excluding hydrogens is 322 g/mol. The average Bonchev–Trinajstić information content (AvgIpc) is 2.53. The highest BCUT2D eigenvalue weighted by Crippen LogP contribution is 2.07. The van der Waals surface area contributed by atoms with Crippen molar-refractivity contribution in [2.45, 2.75) is 51.2 Å². The summed E-state index contributed by atoms with van der Waals surface area (Å²) in [6.07, 6.45) is -0.0160. The summed E-state index contributed by atoms with van der Waals surface area (Å²) in [5.41, 5.74) is 5.76. The summed E-state index contributed by atoms with van der Waals surface area (Å²) < 4.78 is 0. The van der Waals surface area contributed by atoms with Crippen LogP contribution in [0.25, 0.3) is 0 Å². The molecule has 0 aromatic carbocycles. The van der Waals surface area contributed by atoms with Crippen molar-refractivity contribution >= 4 is 23.8 Å². The van der Waals surface area contributed by atoms with Crippen LogP contribution in [0.1, 0.15) is 33.1 Å². The Morgan fingerprint density at radius 2 is 1.58 bits per heavy atom. The SMILES string of the molecule is CCC(C)C(N)C(=O)NC(CCC(=O)O)C(=O)NC(CO)C(=O)O. The van der Waals surface area contributed by atoms with Crippen molar-refractivity contribution in [2.24, 2.45) is 11.7 Å². The molecule has 0 saturated carbocycles. The molecule has 0 aliphatic heterocycles. The molecule has 4 unspecified atom stereocenters. The molecule has 2 amide bonds. The topological polar surface area (TPSA) is 179 Å². The number of nitrogens with two attached hydrogens (primary N) is 1. The number of hydrogen-bond acceptors (Lipinski definition) is 6. The van der Waals surface area contributed by atoms with Gasteiger partial charge < -0.3 is 31.7 Å². The quantitative estimate of drug-likeness (QED) is 0.255. The fraction of sp³-hybridized carbons (Fsp3) is 0.714. The van der Waals surface area contributed by atoms with Crippen molar-refractivity contribution in [1.82, 2.24) is 10.6 Å². The molecule has 0 saturated heterocycles. The van der Waals surface area contributed by atoms with Crippen LogP contribution in [0.3, 0.4) is 0 Å². The van der Waals surface area contributed by atoms with E-state index in [0.717, 1.165) is 0 Å². The first-order valence-corrected chi connectivity index (χ1v) is 7.55. The Morgan fingerprint density at radius 1 is 1.04 bits per heavy atom. The average molecular weight is 347 g/mol. The van der Waals surface area contributed by atoms with Crippen molar-refractivity contribution in [3.8, 4) is 0 Å². The molecule has 0 aliphatic carbocycles. The van der Waals surface area contributed by atoms with E-state index < -0.39 is 54.9 Å². The van der Waals surface area contributed by atoms with Gasteiger partial charge in [0.05, 0.1) is 12.6 Å². The number of aliphatic carboxylic acids is 2. The predicted octanol–water partition coefficient (Wildman–Crippen LogP) is -1.73. The molecule has 0 heterocycles. The summed E-state index contributed by atoms with van der Waals surface area (Å²) in [5, 5.41) is 30.9. The fourth-order valence-corrected chi connectivity index (χ4v) is 1.77. The smallest absolute Gasteiger partial charge is 0.328 e. The maximum Gasteiger partial charge on any atom is 0.328 e. The van der Waals surface area contributed by atoms with Crippen LogP contribution in [0.2, 0.25) is 0 Å². The lowest BCUT2D eigenvalue weighted by Crippen LogP contribution is -2.56. The molecule has 0 aromatic rings. The molecule has 0 aliphatic rings. The Bertz CT molecular complexity index is 469. The minimum atomic E-state index is -1.55. The summed E-state index contributed by atoms with van der Waals surface area (Å²) >= 11 is 0. The molecule has 0 bridgehead atoms. The lowest BCUT2D eigenvalue weighted by molar-refractivity contribution is -0.144. The molecule has 0 radical (unpaired) electrons. The lowest BCUT2D eigenvalue weighted by atomic mass is 9.98. The Balaban J connectivity index is 5.02. The summed E-state index contributed by atoms with van der Waals surface area (Å²) in [4.78, 5) is 45.7. The number of amides is 2. The van der Waals surface area contributed by atoms with Gasteiger partial charge in [-0.3, -0.25) is 14.4 Å². The monoisotopic (exact) mass is 347 g/mol. The number of carboxylic acids is 2. The molecule has 0 fully saturated rings. The van der Waals surface area contributed by atoms with Crippen molar-refractivity contribution in [2.75, 3.05) is 6.61 Å². The Kier molecular flexibility index (Phi) is 9.58. The number of nitrogens with one attached hydrogen (secondary N) is 2. The minimum absolute atomic E-state index is 0.155. The van der Waals surface area contributed by atoms with Crippen LogP contribution in [-0.4, -0.2) is 63.8 Å². The molecule has 0 spiro atoms. The van der Waals surface area contributed by atoms with E-state index in [-0.39, 0.29) is 12.3 Å². The zero-order chi connectivity index (χ0) is 18.9. The molecule has 10 nitrogen and oxygen atoms in total. The third-order valence-corrected chi connectivity index (χ3v) is 3.64. The van der Waals surface area contributed by atoms with E-state index in [1.54, 1.807) is 6.92 Å². The van der Waals surface area contributed by atoms with Gasteiger partial charge in [0, 0.05) is 6.42 Å². The lowest BCUT2D eigenvalue weighted by Gasteiger charge is -2.23. The second-order valence-corrected chi connectivity index (χ2v) is 5.49. The van der Waals surface area contributed by atoms with Gasteiger partial charge in [-0.25, -0.2) is 4.79 Å². The van der Waals surface area contributed by atoms with E-state index in [0.29, 0.717) is 6.42 Å². The molecule has 0 rings (SSSR count). The van der Waals surface area contributed by atoms with Crippen LogP contribution in [-0.2, 0) is 19.2 Å². The number of rotatable bonds is 11. The third kappa shape index (κ3) is 7.38. The van der Waals surface area contributed by atoms with Gasteiger partial charge in [0.2, 0.25) is 11.8 Å².